The number of ketones is 1. The van der Waals surface area contributed by atoms with Crippen LogP contribution in [0.25, 0.3) is 11.0 Å². The molecule has 3 aromatic heterocycles. The summed E-state index contributed by atoms with van der Waals surface area (Å²) >= 11 is 0. The Morgan fingerprint density at radius 3 is 2.64 bits per heavy atom. The quantitative estimate of drug-likeness (QED) is 0.710. The maximum atomic E-state index is 12.6. The van der Waals surface area contributed by atoms with Gasteiger partial charge in [0.15, 0.2) is 5.65 Å². The van der Waals surface area contributed by atoms with Crippen LogP contribution in [-0.4, -0.2) is 37.6 Å². The number of fused-ring (bicyclic) bond motifs is 1. The molecule has 0 aliphatic heterocycles. The first-order valence-electron chi connectivity index (χ1n) is 7.63. The van der Waals surface area contributed by atoms with Crippen LogP contribution in [0.1, 0.15) is 36.8 Å². The summed E-state index contributed by atoms with van der Waals surface area (Å²) < 4.78 is 5.15. The molecule has 1 amide bonds. The second kappa shape index (κ2) is 6.31. The number of aromatic amines is 1. The van der Waals surface area contributed by atoms with E-state index in [0.29, 0.717) is 28.1 Å². The summed E-state index contributed by atoms with van der Waals surface area (Å²) in [6.45, 7) is 5.31. The van der Waals surface area contributed by atoms with Crippen LogP contribution in [0, 0.1) is 0 Å². The van der Waals surface area contributed by atoms with Crippen LogP contribution in [0.2, 0.25) is 0 Å². The highest BCUT2D eigenvalue weighted by Gasteiger charge is 2.18. The number of hydrogen-bond acceptors (Lipinski definition) is 6. The molecule has 8 nitrogen and oxygen atoms in total. The molecular formula is C17H17N5O3. The molecule has 0 bridgehead atoms. The van der Waals surface area contributed by atoms with E-state index in [9.17, 15) is 9.59 Å². The Kier molecular flexibility index (Phi) is 4.18. The molecule has 25 heavy (non-hydrogen) atoms. The molecule has 8 heteroatoms. The van der Waals surface area contributed by atoms with Gasteiger partial charge in [-0.25, -0.2) is 14.8 Å². The van der Waals surface area contributed by atoms with E-state index < -0.39 is 11.7 Å². The summed E-state index contributed by atoms with van der Waals surface area (Å²) in [5, 5.41) is 9.87. The molecule has 2 N–H and O–H groups in total. The number of hydrogen-bond donors (Lipinski definition) is 2. The van der Waals surface area contributed by atoms with Crippen molar-refractivity contribution in [3.63, 3.8) is 0 Å². The molecule has 3 aromatic rings. The molecule has 3 rings (SSSR count). The summed E-state index contributed by atoms with van der Waals surface area (Å²) in [5.41, 5.74) is 0.583. The van der Waals surface area contributed by atoms with E-state index in [1.54, 1.807) is 45.2 Å². The summed E-state index contributed by atoms with van der Waals surface area (Å²) in [7, 11) is 0. The van der Waals surface area contributed by atoms with Crippen molar-refractivity contribution in [3.8, 4) is 0 Å². The van der Waals surface area contributed by atoms with Crippen molar-refractivity contribution < 1.29 is 14.3 Å². The lowest BCUT2D eigenvalue weighted by molar-refractivity contribution is 0.0635. The van der Waals surface area contributed by atoms with Crippen LogP contribution < -0.4 is 5.32 Å². The Bertz CT molecular complexity index is 925. The number of ether oxygens (including phenoxy) is 1. The Morgan fingerprint density at radius 2 is 1.96 bits per heavy atom. The lowest BCUT2D eigenvalue weighted by Crippen LogP contribution is -2.27. The van der Waals surface area contributed by atoms with Gasteiger partial charge in [0.25, 0.3) is 0 Å². The largest absolute Gasteiger partial charge is 0.444 e. The first kappa shape index (κ1) is 16.6. The van der Waals surface area contributed by atoms with Crippen LogP contribution in [-0.2, 0) is 4.74 Å². The average Bonchev–Trinajstić information content (AvgIpc) is 2.97. The molecular weight excluding hydrogens is 322 g/mol. The predicted octanol–water partition coefficient (Wildman–Crippen LogP) is 2.93. The third-order valence-electron chi connectivity index (χ3n) is 3.21. The second-order valence-electron chi connectivity index (χ2n) is 6.36. The highest BCUT2D eigenvalue weighted by molar-refractivity contribution is 6.14. The minimum Gasteiger partial charge on any atom is -0.444 e. The maximum Gasteiger partial charge on any atom is 0.413 e. The molecule has 0 saturated carbocycles. The van der Waals surface area contributed by atoms with Crippen LogP contribution >= 0.6 is 0 Å². The highest BCUT2D eigenvalue weighted by Crippen LogP contribution is 2.17. The Morgan fingerprint density at radius 1 is 1.16 bits per heavy atom. The van der Waals surface area contributed by atoms with E-state index in [2.05, 4.69) is 25.5 Å². The van der Waals surface area contributed by atoms with Gasteiger partial charge >= 0.3 is 6.09 Å². The van der Waals surface area contributed by atoms with Crippen molar-refractivity contribution in [2.24, 2.45) is 0 Å². The molecule has 0 atom stereocenters. The molecule has 0 radical (unpaired) electrons. The molecule has 128 valence electrons. The smallest absolute Gasteiger partial charge is 0.413 e. The van der Waals surface area contributed by atoms with Crippen molar-refractivity contribution in [2.45, 2.75) is 26.4 Å². The third kappa shape index (κ3) is 3.79. The zero-order valence-corrected chi connectivity index (χ0v) is 14.0. The number of amides is 1. The summed E-state index contributed by atoms with van der Waals surface area (Å²) in [6, 6.07) is 6.62. The molecule has 3 heterocycles. The van der Waals surface area contributed by atoms with Gasteiger partial charge in [0, 0.05) is 18.0 Å². The van der Waals surface area contributed by atoms with E-state index in [0.717, 1.165) is 0 Å². The standard InChI is InChI=1S/C17H17N5O3/c1-17(2,3)25-16(24)20-12-7-6-10(9-19-12)14(23)13-11-5-4-8-18-15(11)22-21-13/h4-9H,1-3H3,(H,18,21,22)(H,19,20,24). The van der Waals surface area contributed by atoms with Crippen molar-refractivity contribution in [1.82, 2.24) is 20.2 Å². The Hall–Kier alpha value is -3.29. The predicted molar refractivity (Wildman–Crippen MR) is 91.4 cm³/mol. The van der Waals surface area contributed by atoms with Crippen molar-refractivity contribution in [1.29, 1.82) is 0 Å². The molecule has 0 aromatic carbocycles. The number of aromatic nitrogens is 4. The summed E-state index contributed by atoms with van der Waals surface area (Å²) in [6.07, 6.45) is 2.39. The van der Waals surface area contributed by atoms with Gasteiger partial charge < -0.3 is 4.74 Å². The first-order chi connectivity index (χ1) is 11.8. The van der Waals surface area contributed by atoms with Gasteiger partial charge in [0.1, 0.15) is 17.1 Å². The number of pyridine rings is 2. The molecule has 0 aliphatic carbocycles. The number of carbonyl (C=O) groups excluding carboxylic acids is 2. The maximum absolute atomic E-state index is 12.6. The number of nitrogens with one attached hydrogen (secondary N) is 2. The monoisotopic (exact) mass is 339 g/mol. The molecule has 0 fully saturated rings. The lowest BCUT2D eigenvalue weighted by Gasteiger charge is -2.19. The fraction of sp³-hybridized carbons (Fsp3) is 0.235. The van der Waals surface area contributed by atoms with Gasteiger partial charge in [-0.05, 0) is 45.0 Å². The summed E-state index contributed by atoms with van der Waals surface area (Å²) in [4.78, 5) is 32.5. The zero-order chi connectivity index (χ0) is 18.0. The SMILES string of the molecule is CC(C)(C)OC(=O)Nc1ccc(C(=O)c2[nH]nc3ncccc23)cn1. The topological polar surface area (TPSA) is 110 Å². The van der Waals surface area contributed by atoms with E-state index in [-0.39, 0.29) is 5.78 Å². The van der Waals surface area contributed by atoms with E-state index in [1.807, 2.05) is 0 Å². The number of nitrogens with zero attached hydrogens (tertiary/aromatic N) is 3. The molecule has 0 spiro atoms. The highest BCUT2D eigenvalue weighted by atomic mass is 16.6. The fourth-order valence-corrected chi connectivity index (χ4v) is 2.18. The van der Waals surface area contributed by atoms with E-state index in [1.165, 1.54) is 12.3 Å². The molecule has 0 saturated heterocycles. The Balaban J connectivity index is 1.76. The van der Waals surface area contributed by atoms with E-state index in [4.69, 9.17) is 4.74 Å². The normalized spacial score (nSPS) is 11.3. The van der Waals surface area contributed by atoms with Crippen LogP contribution in [0.4, 0.5) is 10.6 Å². The number of H-pyrrole nitrogens is 1. The fourth-order valence-electron chi connectivity index (χ4n) is 2.18. The van der Waals surface area contributed by atoms with Gasteiger partial charge in [-0.1, -0.05) is 0 Å². The third-order valence-corrected chi connectivity index (χ3v) is 3.21. The van der Waals surface area contributed by atoms with Gasteiger partial charge in [-0.2, -0.15) is 5.10 Å². The van der Waals surface area contributed by atoms with E-state index >= 15 is 0 Å². The van der Waals surface area contributed by atoms with Crippen LogP contribution in [0.5, 0.6) is 0 Å². The van der Waals surface area contributed by atoms with Crippen molar-refractivity contribution >= 4 is 28.7 Å². The second-order valence-corrected chi connectivity index (χ2v) is 6.36. The molecule has 0 unspecified atom stereocenters. The number of anilines is 1. The van der Waals surface area contributed by atoms with Crippen molar-refractivity contribution in [2.75, 3.05) is 5.32 Å². The minimum atomic E-state index is -0.607. The van der Waals surface area contributed by atoms with Crippen molar-refractivity contribution in [3.05, 3.63) is 47.9 Å². The van der Waals surface area contributed by atoms with Gasteiger partial charge in [0.2, 0.25) is 5.78 Å². The van der Waals surface area contributed by atoms with Crippen LogP contribution in [0.3, 0.4) is 0 Å². The number of rotatable bonds is 3. The molecule has 0 aliphatic rings. The van der Waals surface area contributed by atoms with Gasteiger partial charge in [-0.3, -0.25) is 15.2 Å². The minimum absolute atomic E-state index is 0.258. The average molecular weight is 339 g/mol. The zero-order valence-electron chi connectivity index (χ0n) is 14.0. The van der Waals surface area contributed by atoms with Crippen LogP contribution in [0.15, 0.2) is 36.7 Å². The van der Waals surface area contributed by atoms with Gasteiger partial charge in [-0.15, -0.1) is 0 Å². The first-order valence-corrected chi connectivity index (χ1v) is 7.63. The summed E-state index contributed by atoms with van der Waals surface area (Å²) in [5.74, 6) is 0.0359. The lowest BCUT2D eigenvalue weighted by atomic mass is 10.1. The Labute approximate surface area is 143 Å². The van der Waals surface area contributed by atoms with Gasteiger partial charge in [0.05, 0.1) is 5.39 Å². The number of carbonyl (C=O) groups is 2.